The van der Waals surface area contributed by atoms with Crippen LogP contribution in [-0.4, -0.2) is 20.9 Å². The van der Waals surface area contributed by atoms with E-state index in [1.165, 1.54) is 18.0 Å². The van der Waals surface area contributed by atoms with Gasteiger partial charge in [0.1, 0.15) is 0 Å². The molecule has 0 spiro atoms. The van der Waals surface area contributed by atoms with Crippen LogP contribution < -0.4 is 10.6 Å². The van der Waals surface area contributed by atoms with Crippen molar-refractivity contribution in [2.24, 2.45) is 0 Å². The molecule has 0 radical (unpaired) electrons. The molecule has 0 aliphatic carbocycles. The summed E-state index contributed by atoms with van der Waals surface area (Å²) in [6, 6.07) is 11.9. The van der Waals surface area contributed by atoms with Crippen molar-refractivity contribution in [1.82, 2.24) is 20.3 Å². The molecule has 0 atom stereocenters. The van der Waals surface area contributed by atoms with E-state index >= 15 is 0 Å². The molecule has 0 fully saturated rings. The van der Waals surface area contributed by atoms with Gasteiger partial charge in [0.15, 0.2) is 0 Å². The molecule has 1 aromatic carbocycles. The summed E-state index contributed by atoms with van der Waals surface area (Å²) in [5, 5.41) is 5.97. The maximum absolute atomic E-state index is 12.2. The van der Waals surface area contributed by atoms with Crippen molar-refractivity contribution >= 4 is 17.5 Å². The number of rotatable bonds is 6. The molecule has 0 saturated carbocycles. The highest BCUT2D eigenvalue weighted by Gasteiger charge is 2.07. The van der Waals surface area contributed by atoms with Crippen LogP contribution >= 0.6 is 0 Å². The SMILES string of the molecule is CC(C)c1ccc(Nc2ncc(C(=O)NCc3ccncc3)cn2)cc1. The zero-order valence-corrected chi connectivity index (χ0v) is 14.8. The number of pyridine rings is 1. The lowest BCUT2D eigenvalue weighted by atomic mass is 10.0. The lowest BCUT2D eigenvalue weighted by Crippen LogP contribution is -2.23. The molecule has 6 nitrogen and oxygen atoms in total. The van der Waals surface area contributed by atoms with Crippen molar-refractivity contribution < 1.29 is 4.79 Å². The monoisotopic (exact) mass is 347 g/mol. The Balaban J connectivity index is 1.58. The summed E-state index contributed by atoms with van der Waals surface area (Å²) < 4.78 is 0. The highest BCUT2D eigenvalue weighted by molar-refractivity contribution is 5.93. The molecule has 2 heterocycles. The van der Waals surface area contributed by atoms with Gasteiger partial charge in [0.25, 0.3) is 5.91 Å². The van der Waals surface area contributed by atoms with Crippen molar-refractivity contribution in [1.29, 1.82) is 0 Å². The van der Waals surface area contributed by atoms with E-state index in [0.29, 0.717) is 24.0 Å². The highest BCUT2D eigenvalue weighted by atomic mass is 16.1. The van der Waals surface area contributed by atoms with Gasteiger partial charge in [0, 0.05) is 37.0 Å². The summed E-state index contributed by atoms with van der Waals surface area (Å²) in [6.07, 6.45) is 6.41. The number of carbonyl (C=O) groups excluding carboxylic acids is 1. The molecular formula is C20H21N5O. The predicted octanol–water partition coefficient (Wildman–Crippen LogP) is 3.67. The lowest BCUT2D eigenvalue weighted by Gasteiger charge is -2.09. The van der Waals surface area contributed by atoms with E-state index in [9.17, 15) is 4.79 Å². The van der Waals surface area contributed by atoms with E-state index in [1.54, 1.807) is 12.4 Å². The quantitative estimate of drug-likeness (QED) is 0.711. The first-order valence-electron chi connectivity index (χ1n) is 8.48. The number of hydrogen-bond donors (Lipinski definition) is 2. The number of anilines is 2. The highest BCUT2D eigenvalue weighted by Crippen LogP contribution is 2.18. The van der Waals surface area contributed by atoms with Gasteiger partial charge in [0.05, 0.1) is 5.56 Å². The van der Waals surface area contributed by atoms with Crippen LogP contribution in [0.2, 0.25) is 0 Å². The average molecular weight is 347 g/mol. The molecule has 26 heavy (non-hydrogen) atoms. The van der Waals surface area contributed by atoms with Gasteiger partial charge in [-0.05, 0) is 41.3 Å². The summed E-state index contributed by atoms with van der Waals surface area (Å²) in [6.45, 7) is 4.75. The maximum atomic E-state index is 12.2. The Labute approximate surface area is 152 Å². The van der Waals surface area contributed by atoms with Gasteiger partial charge in [-0.3, -0.25) is 9.78 Å². The molecule has 0 aliphatic heterocycles. The Hall–Kier alpha value is -3.28. The van der Waals surface area contributed by atoms with Gasteiger partial charge in [0.2, 0.25) is 5.95 Å². The van der Waals surface area contributed by atoms with Gasteiger partial charge in [-0.25, -0.2) is 9.97 Å². The summed E-state index contributed by atoms with van der Waals surface area (Å²) in [5.41, 5.74) is 3.58. The fourth-order valence-electron chi connectivity index (χ4n) is 2.38. The van der Waals surface area contributed by atoms with E-state index in [1.807, 2.05) is 24.3 Å². The van der Waals surface area contributed by atoms with Crippen molar-refractivity contribution in [3.05, 3.63) is 77.9 Å². The molecule has 0 saturated heterocycles. The molecule has 132 valence electrons. The fourth-order valence-corrected chi connectivity index (χ4v) is 2.38. The Bertz CT molecular complexity index is 846. The second kappa shape index (κ2) is 8.20. The summed E-state index contributed by atoms with van der Waals surface area (Å²) in [5.74, 6) is 0.730. The van der Waals surface area contributed by atoms with E-state index in [0.717, 1.165) is 11.3 Å². The molecule has 3 rings (SSSR count). The van der Waals surface area contributed by atoms with E-state index < -0.39 is 0 Å². The Morgan fingerprint density at radius 1 is 1.00 bits per heavy atom. The minimum Gasteiger partial charge on any atom is -0.348 e. The van der Waals surface area contributed by atoms with Crippen molar-refractivity contribution in [2.45, 2.75) is 26.3 Å². The number of hydrogen-bond acceptors (Lipinski definition) is 5. The molecule has 2 aromatic heterocycles. The zero-order chi connectivity index (χ0) is 18.4. The van der Waals surface area contributed by atoms with Crippen LogP contribution in [-0.2, 0) is 6.54 Å². The molecular weight excluding hydrogens is 326 g/mol. The lowest BCUT2D eigenvalue weighted by molar-refractivity contribution is 0.0950. The molecule has 1 amide bonds. The molecule has 0 bridgehead atoms. The number of aromatic nitrogens is 3. The van der Waals surface area contributed by atoms with Crippen LogP contribution in [0.15, 0.2) is 61.2 Å². The predicted molar refractivity (Wildman–Crippen MR) is 101 cm³/mol. The minimum absolute atomic E-state index is 0.213. The van der Waals surface area contributed by atoms with E-state index in [-0.39, 0.29) is 5.91 Å². The Morgan fingerprint density at radius 2 is 1.65 bits per heavy atom. The third-order valence-corrected chi connectivity index (χ3v) is 3.95. The molecule has 3 aromatic rings. The number of nitrogens with one attached hydrogen (secondary N) is 2. The van der Waals surface area contributed by atoms with Crippen LogP contribution in [0.1, 0.15) is 41.3 Å². The van der Waals surface area contributed by atoms with Crippen molar-refractivity contribution in [3.8, 4) is 0 Å². The number of benzene rings is 1. The van der Waals surface area contributed by atoms with Gasteiger partial charge < -0.3 is 10.6 Å². The van der Waals surface area contributed by atoms with Crippen LogP contribution in [0.5, 0.6) is 0 Å². The van der Waals surface area contributed by atoms with E-state index in [4.69, 9.17) is 0 Å². The smallest absolute Gasteiger partial charge is 0.254 e. The topological polar surface area (TPSA) is 79.8 Å². The first-order chi connectivity index (χ1) is 12.6. The van der Waals surface area contributed by atoms with Gasteiger partial charge in [-0.2, -0.15) is 0 Å². The number of amides is 1. The number of nitrogens with zero attached hydrogens (tertiary/aromatic N) is 3. The van der Waals surface area contributed by atoms with Crippen LogP contribution in [0.4, 0.5) is 11.6 Å². The number of carbonyl (C=O) groups is 1. The van der Waals surface area contributed by atoms with Crippen molar-refractivity contribution in [2.75, 3.05) is 5.32 Å². The fraction of sp³-hybridized carbons (Fsp3) is 0.200. The molecule has 0 unspecified atom stereocenters. The Kier molecular flexibility index (Phi) is 5.53. The zero-order valence-electron chi connectivity index (χ0n) is 14.8. The molecule has 6 heteroatoms. The van der Waals surface area contributed by atoms with Gasteiger partial charge >= 0.3 is 0 Å². The summed E-state index contributed by atoms with van der Waals surface area (Å²) in [7, 11) is 0. The standard InChI is InChI=1S/C20H21N5O/c1-14(2)16-3-5-18(6-4-16)25-20-23-12-17(13-24-20)19(26)22-11-15-7-9-21-10-8-15/h3-10,12-14H,11H2,1-2H3,(H,22,26)(H,23,24,25). The minimum atomic E-state index is -0.213. The summed E-state index contributed by atoms with van der Waals surface area (Å²) in [4.78, 5) is 24.5. The molecule has 0 aliphatic rings. The second-order valence-electron chi connectivity index (χ2n) is 6.24. The summed E-state index contributed by atoms with van der Waals surface area (Å²) >= 11 is 0. The van der Waals surface area contributed by atoms with Crippen LogP contribution in [0.3, 0.4) is 0 Å². The van der Waals surface area contributed by atoms with Gasteiger partial charge in [-0.15, -0.1) is 0 Å². The van der Waals surface area contributed by atoms with Crippen LogP contribution in [0.25, 0.3) is 0 Å². The second-order valence-corrected chi connectivity index (χ2v) is 6.24. The third kappa shape index (κ3) is 4.63. The Morgan fingerprint density at radius 3 is 2.27 bits per heavy atom. The van der Waals surface area contributed by atoms with E-state index in [2.05, 4.69) is 51.6 Å². The third-order valence-electron chi connectivity index (χ3n) is 3.95. The first kappa shape index (κ1) is 17.5. The van der Waals surface area contributed by atoms with Crippen molar-refractivity contribution in [3.63, 3.8) is 0 Å². The normalized spacial score (nSPS) is 10.6. The molecule has 2 N–H and O–H groups in total. The average Bonchev–Trinajstić information content (AvgIpc) is 2.68. The van der Waals surface area contributed by atoms with Gasteiger partial charge in [-0.1, -0.05) is 26.0 Å². The maximum Gasteiger partial charge on any atom is 0.254 e. The largest absolute Gasteiger partial charge is 0.348 e. The first-order valence-corrected chi connectivity index (χ1v) is 8.48. The van der Waals surface area contributed by atoms with Crippen LogP contribution in [0, 0.1) is 0 Å².